The minimum atomic E-state index is -0.656. The predicted molar refractivity (Wildman–Crippen MR) is 91.2 cm³/mol. The van der Waals surface area contributed by atoms with Gasteiger partial charge in [0.25, 0.3) is 0 Å². The lowest BCUT2D eigenvalue weighted by Crippen LogP contribution is -2.15. The fourth-order valence-electron chi connectivity index (χ4n) is 2.25. The monoisotopic (exact) mass is 336 g/mol. The molecular formula is C18H12N2O3S. The van der Waals surface area contributed by atoms with E-state index in [9.17, 15) is 14.9 Å². The molecule has 0 spiro atoms. The summed E-state index contributed by atoms with van der Waals surface area (Å²) >= 11 is 1.14. The lowest BCUT2D eigenvalue weighted by Gasteiger charge is -2.05. The van der Waals surface area contributed by atoms with Crippen molar-refractivity contribution in [3.8, 4) is 6.07 Å². The second-order valence-electron chi connectivity index (χ2n) is 5.12. The van der Waals surface area contributed by atoms with Gasteiger partial charge in [0.15, 0.2) is 5.78 Å². The van der Waals surface area contributed by atoms with Gasteiger partial charge in [0.1, 0.15) is 22.2 Å². The molecule has 118 valence electrons. The fraction of sp³-hybridized carbons (Fsp3) is 0.111. The fourth-order valence-corrected chi connectivity index (χ4v) is 3.16. The summed E-state index contributed by atoms with van der Waals surface area (Å²) in [7, 11) is 0. The summed E-state index contributed by atoms with van der Waals surface area (Å²) < 4.78 is 5.18. The van der Waals surface area contributed by atoms with E-state index in [2.05, 4.69) is 11.1 Å². The third-order valence-corrected chi connectivity index (χ3v) is 4.51. The maximum Gasteiger partial charge on any atom is 0.347 e. The number of aryl methyl sites for hydroxylation is 1. The molecule has 0 bridgehead atoms. The normalized spacial score (nSPS) is 10.5. The van der Waals surface area contributed by atoms with Gasteiger partial charge in [-0.2, -0.15) is 5.26 Å². The first-order chi connectivity index (χ1) is 11.6. The molecule has 2 heterocycles. The molecule has 0 fully saturated rings. The van der Waals surface area contributed by atoms with Gasteiger partial charge < -0.3 is 4.42 Å². The van der Waals surface area contributed by atoms with Crippen LogP contribution in [0.2, 0.25) is 0 Å². The Morgan fingerprint density at radius 2 is 2.12 bits per heavy atom. The van der Waals surface area contributed by atoms with Crippen molar-refractivity contribution in [1.29, 1.82) is 5.26 Å². The first-order valence-corrected chi connectivity index (χ1v) is 8.13. The highest BCUT2D eigenvalue weighted by Crippen LogP contribution is 2.23. The SMILES string of the molecule is Cc1ccnc(SCC(=O)c2cc3ccccc3oc2=O)c1C#N. The zero-order valence-corrected chi connectivity index (χ0v) is 13.6. The Kier molecular flexibility index (Phi) is 4.45. The van der Waals surface area contributed by atoms with Gasteiger partial charge >= 0.3 is 5.63 Å². The predicted octanol–water partition coefficient (Wildman–Crippen LogP) is 3.34. The minimum absolute atomic E-state index is 0.00682. The van der Waals surface area contributed by atoms with Gasteiger partial charge in [-0.15, -0.1) is 0 Å². The average Bonchev–Trinajstić information content (AvgIpc) is 2.59. The number of carbonyl (C=O) groups is 1. The van der Waals surface area contributed by atoms with Crippen LogP contribution in [0.25, 0.3) is 11.0 Å². The summed E-state index contributed by atoms with van der Waals surface area (Å²) in [6, 6.07) is 12.4. The number of hydrogen-bond donors (Lipinski definition) is 0. The van der Waals surface area contributed by atoms with E-state index >= 15 is 0 Å². The van der Waals surface area contributed by atoms with E-state index in [1.807, 2.05) is 6.92 Å². The van der Waals surface area contributed by atoms with Crippen LogP contribution in [0.5, 0.6) is 0 Å². The first-order valence-electron chi connectivity index (χ1n) is 7.14. The molecule has 0 radical (unpaired) electrons. The molecule has 0 aliphatic rings. The lowest BCUT2D eigenvalue weighted by atomic mass is 10.1. The number of ketones is 1. The highest BCUT2D eigenvalue weighted by Gasteiger charge is 2.16. The molecule has 0 saturated heterocycles. The Morgan fingerprint density at radius 3 is 2.92 bits per heavy atom. The summed E-state index contributed by atoms with van der Waals surface area (Å²) in [4.78, 5) is 28.5. The van der Waals surface area contributed by atoms with Crippen LogP contribution in [0.15, 0.2) is 56.8 Å². The molecule has 0 atom stereocenters. The number of rotatable bonds is 4. The van der Waals surface area contributed by atoms with E-state index in [0.717, 1.165) is 17.3 Å². The summed E-state index contributed by atoms with van der Waals surface area (Å²) in [5.41, 5.74) is 1.04. The van der Waals surface area contributed by atoms with Crippen molar-refractivity contribution in [1.82, 2.24) is 4.98 Å². The molecule has 0 saturated carbocycles. The maximum atomic E-state index is 12.4. The molecule has 24 heavy (non-hydrogen) atoms. The van der Waals surface area contributed by atoms with Crippen molar-refractivity contribution in [2.24, 2.45) is 0 Å². The van der Waals surface area contributed by atoms with Gasteiger partial charge in [0.2, 0.25) is 0 Å². The molecule has 0 N–H and O–H groups in total. The van der Waals surface area contributed by atoms with Gasteiger partial charge in [-0.3, -0.25) is 4.79 Å². The van der Waals surface area contributed by atoms with Crippen LogP contribution in [-0.4, -0.2) is 16.5 Å². The zero-order chi connectivity index (χ0) is 17.1. The van der Waals surface area contributed by atoms with Gasteiger partial charge in [-0.1, -0.05) is 30.0 Å². The standard InChI is InChI=1S/C18H12N2O3S/c1-11-6-7-20-17(14(11)9-19)24-10-15(21)13-8-12-4-2-3-5-16(12)23-18(13)22/h2-8H,10H2,1H3. The van der Waals surface area contributed by atoms with Gasteiger partial charge in [-0.25, -0.2) is 9.78 Å². The van der Waals surface area contributed by atoms with Crippen molar-refractivity contribution in [2.45, 2.75) is 11.9 Å². The van der Waals surface area contributed by atoms with Gasteiger partial charge in [0, 0.05) is 11.6 Å². The Labute approximate surface area is 141 Å². The number of fused-ring (bicyclic) bond motifs is 1. The van der Waals surface area contributed by atoms with Crippen LogP contribution in [0.3, 0.4) is 0 Å². The molecule has 0 amide bonds. The number of carbonyl (C=O) groups excluding carboxylic acids is 1. The van der Waals surface area contributed by atoms with Crippen LogP contribution in [0.4, 0.5) is 0 Å². The summed E-state index contributed by atoms with van der Waals surface area (Å²) in [5.74, 6) is -0.347. The van der Waals surface area contributed by atoms with E-state index in [1.54, 1.807) is 42.6 Å². The smallest absolute Gasteiger partial charge is 0.347 e. The molecule has 2 aromatic heterocycles. The molecule has 5 nitrogen and oxygen atoms in total. The van der Waals surface area contributed by atoms with Crippen molar-refractivity contribution in [3.05, 3.63) is 69.7 Å². The largest absolute Gasteiger partial charge is 0.422 e. The van der Waals surface area contributed by atoms with Crippen LogP contribution >= 0.6 is 11.8 Å². The first kappa shape index (κ1) is 16.0. The summed E-state index contributed by atoms with van der Waals surface area (Å²) in [6.45, 7) is 1.81. The van der Waals surface area contributed by atoms with Crippen molar-refractivity contribution < 1.29 is 9.21 Å². The summed E-state index contributed by atoms with van der Waals surface area (Å²) in [5, 5.41) is 10.4. The van der Waals surface area contributed by atoms with E-state index in [4.69, 9.17) is 4.42 Å². The van der Waals surface area contributed by atoms with Crippen molar-refractivity contribution >= 4 is 28.5 Å². The molecular weight excluding hydrogens is 324 g/mol. The van der Waals surface area contributed by atoms with Crippen LogP contribution in [0, 0.1) is 18.3 Å². The zero-order valence-electron chi connectivity index (χ0n) is 12.8. The Bertz CT molecular complexity index is 1030. The number of nitriles is 1. The van der Waals surface area contributed by atoms with Crippen molar-refractivity contribution in [2.75, 3.05) is 5.75 Å². The number of pyridine rings is 1. The highest BCUT2D eigenvalue weighted by atomic mass is 32.2. The second-order valence-corrected chi connectivity index (χ2v) is 6.08. The quantitative estimate of drug-likeness (QED) is 0.413. The molecule has 0 aliphatic carbocycles. The van der Waals surface area contributed by atoms with Crippen LogP contribution in [0.1, 0.15) is 21.5 Å². The Hall–Kier alpha value is -2.91. The molecule has 6 heteroatoms. The molecule has 3 aromatic rings. The molecule has 0 unspecified atom stereocenters. The summed E-state index contributed by atoms with van der Waals surface area (Å²) in [6.07, 6.45) is 1.59. The van der Waals surface area contributed by atoms with Crippen molar-refractivity contribution in [3.63, 3.8) is 0 Å². The van der Waals surface area contributed by atoms with E-state index in [0.29, 0.717) is 21.6 Å². The second kappa shape index (κ2) is 6.69. The molecule has 1 aromatic carbocycles. The van der Waals surface area contributed by atoms with E-state index in [1.165, 1.54) is 0 Å². The number of nitrogens with zero attached hydrogens (tertiary/aromatic N) is 2. The topological polar surface area (TPSA) is 84.0 Å². The Balaban J connectivity index is 1.86. The number of hydrogen-bond acceptors (Lipinski definition) is 6. The van der Waals surface area contributed by atoms with E-state index in [-0.39, 0.29) is 17.1 Å². The number of para-hydroxylation sites is 1. The average molecular weight is 336 g/mol. The molecule has 3 rings (SSSR count). The Morgan fingerprint density at radius 1 is 1.33 bits per heavy atom. The van der Waals surface area contributed by atoms with Crippen LogP contribution < -0.4 is 5.63 Å². The number of thioether (sulfide) groups is 1. The minimum Gasteiger partial charge on any atom is -0.422 e. The highest BCUT2D eigenvalue weighted by molar-refractivity contribution is 8.00. The number of benzene rings is 1. The maximum absolute atomic E-state index is 12.4. The van der Waals surface area contributed by atoms with Crippen LogP contribution in [-0.2, 0) is 0 Å². The number of aromatic nitrogens is 1. The van der Waals surface area contributed by atoms with Gasteiger partial charge in [0.05, 0.1) is 11.3 Å². The number of Topliss-reactive ketones (excluding diaryl/α,β-unsaturated/α-hetero) is 1. The third kappa shape index (κ3) is 3.07. The molecule has 0 aliphatic heterocycles. The van der Waals surface area contributed by atoms with Gasteiger partial charge in [-0.05, 0) is 30.7 Å². The third-order valence-electron chi connectivity index (χ3n) is 3.52. The van der Waals surface area contributed by atoms with E-state index < -0.39 is 5.63 Å². The lowest BCUT2D eigenvalue weighted by molar-refractivity contribution is 0.101.